The largest absolute Gasteiger partial charge is 0.392 e. The lowest BCUT2D eigenvalue weighted by atomic mass is 9.88. The summed E-state index contributed by atoms with van der Waals surface area (Å²) in [6.07, 6.45) is 5.20. The van der Waals surface area contributed by atoms with Gasteiger partial charge in [0.05, 0.1) is 6.10 Å². The normalized spacial score (nSPS) is 22.9. The average molecular weight is 264 g/mol. The predicted molar refractivity (Wildman–Crippen MR) is 63.9 cm³/mol. The summed E-state index contributed by atoms with van der Waals surface area (Å²) in [6.45, 7) is 3.75. The second-order valence-electron chi connectivity index (χ2n) is 4.89. The Morgan fingerprint density at radius 2 is 2.00 bits per heavy atom. The van der Waals surface area contributed by atoms with Crippen molar-refractivity contribution in [2.45, 2.75) is 38.7 Å². The molecule has 0 saturated heterocycles. The van der Waals surface area contributed by atoms with Crippen molar-refractivity contribution in [1.82, 2.24) is 4.90 Å². The first-order valence-electron chi connectivity index (χ1n) is 5.50. The molecule has 1 fully saturated rings. The van der Waals surface area contributed by atoms with Gasteiger partial charge in [-0.3, -0.25) is 0 Å². The Labute approximate surface area is 95.8 Å². The SMILES string of the molecule is CC(O)CN(C)CC1(CBr)CCCC1. The van der Waals surface area contributed by atoms with Crippen LogP contribution in [0.2, 0.25) is 0 Å². The second kappa shape index (κ2) is 5.47. The molecule has 1 unspecified atom stereocenters. The van der Waals surface area contributed by atoms with Crippen LogP contribution in [0.3, 0.4) is 0 Å². The van der Waals surface area contributed by atoms with Crippen LogP contribution in [0.1, 0.15) is 32.6 Å². The quantitative estimate of drug-likeness (QED) is 0.770. The Morgan fingerprint density at radius 1 is 1.43 bits per heavy atom. The first kappa shape index (κ1) is 12.5. The topological polar surface area (TPSA) is 23.5 Å². The van der Waals surface area contributed by atoms with E-state index in [1.54, 1.807) is 0 Å². The van der Waals surface area contributed by atoms with Crippen LogP contribution in [0, 0.1) is 5.41 Å². The molecule has 0 aromatic rings. The van der Waals surface area contributed by atoms with E-state index in [0.29, 0.717) is 5.41 Å². The third-order valence-electron chi connectivity index (χ3n) is 3.13. The van der Waals surface area contributed by atoms with E-state index >= 15 is 0 Å². The molecule has 0 aromatic carbocycles. The van der Waals surface area contributed by atoms with Gasteiger partial charge in [-0.1, -0.05) is 28.8 Å². The minimum Gasteiger partial charge on any atom is -0.392 e. The lowest BCUT2D eigenvalue weighted by molar-refractivity contribution is 0.114. The minimum atomic E-state index is -0.214. The van der Waals surface area contributed by atoms with Gasteiger partial charge in [-0.25, -0.2) is 0 Å². The number of likely N-dealkylation sites (N-methyl/N-ethyl adjacent to an activating group) is 1. The number of nitrogens with zero attached hydrogens (tertiary/aromatic N) is 1. The Bertz CT molecular complexity index is 167. The highest BCUT2D eigenvalue weighted by Gasteiger charge is 2.33. The summed E-state index contributed by atoms with van der Waals surface area (Å²) in [5.41, 5.74) is 0.476. The Kier molecular flexibility index (Phi) is 4.88. The number of alkyl halides is 1. The van der Waals surface area contributed by atoms with Crippen molar-refractivity contribution in [1.29, 1.82) is 0 Å². The zero-order valence-electron chi connectivity index (χ0n) is 9.30. The van der Waals surface area contributed by atoms with E-state index in [2.05, 4.69) is 27.9 Å². The third-order valence-corrected chi connectivity index (χ3v) is 4.32. The Balaban J connectivity index is 2.39. The fourth-order valence-electron chi connectivity index (χ4n) is 2.55. The molecule has 0 aliphatic heterocycles. The molecule has 84 valence electrons. The third kappa shape index (κ3) is 3.52. The zero-order chi connectivity index (χ0) is 10.6. The maximum Gasteiger partial charge on any atom is 0.0638 e. The van der Waals surface area contributed by atoms with Gasteiger partial charge in [0.25, 0.3) is 0 Å². The fraction of sp³-hybridized carbons (Fsp3) is 1.00. The van der Waals surface area contributed by atoms with Crippen LogP contribution in [0.4, 0.5) is 0 Å². The van der Waals surface area contributed by atoms with Crippen molar-refractivity contribution in [3.05, 3.63) is 0 Å². The molecular formula is C11H22BrNO. The van der Waals surface area contributed by atoms with E-state index in [9.17, 15) is 5.11 Å². The summed E-state index contributed by atoms with van der Waals surface area (Å²) in [6, 6.07) is 0. The van der Waals surface area contributed by atoms with E-state index < -0.39 is 0 Å². The highest BCUT2D eigenvalue weighted by Crippen LogP contribution is 2.40. The molecule has 0 amide bonds. The Hall–Kier alpha value is 0.400. The van der Waals surface area contributed by atoms with Gasteiger partial charge in [-0.05, 0) is 32.2 Å². The second-order valence-corrected chi connectivity index (χ2v) is 5.45. The van der Waals surface area contributed by atoms with Gasteiger partial charge in [0.15, 0.2) is 0 Å². The number of aliphatic hydroxyl groups is 1. The summed E-state index contributed by atoms with van der Waals surface area (Å²) in [5, 5.41) is 10.4. The molecule has 0 bridgehead atoms. The van der Waals surface area contributed by atoms with Gasteiger partial charge in [0.2, 0.25) is 0 Å². The van der Waals surface area contributed by atoms with Gasteiger partial charge in [-0.15, -0.1) is 0 Å². The van der Waals surface area contributed by atoms with Crippen molar-refractivity contribution < 1.29 is 5.11 Å². The molecule has 0 spiro atoms. The van der Waals surface area contributed by atoms with Crippen molar-refractivity contribution in [2.24, 2.45) is 5.41 Å². The lowest BCUT2D eigenvalue weighted by Gasteiger charge is -2.32. The first-order valence-corrected chi connectivity index (χ1v) is 6.63. The van der Waals surface area contributed by atoms with Crippen molar-refractivity contribution in [2.75, 3.05) is 25.5 Å². The molecule has 0 radical (unpaired) electrons. The van der Waals surface area contributed by atoms with Crippen LogP contribution in [0.15, 0.2) is 0 Å². The van der Waals surface area contributed by atoms with Gasteiger partial charge in [-0.2, -0.15) is 0 Å². The zero-order valence-corrected chi connectivity index (χ0v) is 10.9. The van der Waals surface area contributed by atoms with E-state index in [1.165, 1.54) is 25.7 Å². The molecule has 1 saturated carbocycles. The highest BCUT2D eigenvalue weighted by molar-refractivity contribution is 9.09. The molecular weight excluding hydrogens is 242 g/mol. The average Bonchev–Trinajstić information content (AvgIpc) is 2.52. The molecule has 0 aromatic heterocycles. The summed E-state index contributed by atoms with van der Waals surface area (Å²) in [4.78, 5) is 2.26. The molecule has 1 atom stereocenters. The van der Waals surface area contributed by atoms with Crippen LogP contribution < -0.4 is 0 Å². The van der Waals surface area contributed by atoms with Gasteiger partial charge < -0.3 is 10.0 Å². The monoisotopic (exact) mass is 263 g/mol. The van der Waals surface area contributed by atoms with E-state index in [-0.39, 0.29) is 6.10 Å². The van der Waals surface area contributed by atoms with Crippen molar-refractivity contribution in [3.8, 4) is 0 Å². The molecule has 1 aliphatic carbocycles. The standard InChI is InChI=1S/C11H22BrNO/c1-10(14)7-13(2)9-11(8-12)5-3-4-6-11/h10,14H,3-9H2,1-2H3. The number of hydrogen-bond donors (Lipinski definition) is 1. The predicted octanol–water partition coefficient (Wildman–Crippen LogP) is 2.25. The van der Waals surface area contributed by atoms with Crippen molar-refractivity contribution in [3.63, 3.8) is 0 Å². The molecule has 0 heterocycles. The number of halogens is 1. The molecule has 2 nitrogen and oxygen atoms in total. The van der Waals surface area contributed by atoms with Crippen LogP contribution in [0.25, 0.3) is 0 Å². The Morgan fingerprint density at radius 3 is 2.43 bits per heavy atom. The summed E-state index contributed by atoms with van der Waals surface area (Å²) >= 11 is 3.64. The summed E-state index contributed by atoms with van der Waals surface area (Å²) in [7, 11) is 2.11. The van der Waals surface area contributed by atoms with Crippen LogP contribution in [-0.4, -0.2) is 41.6 Å². The lowest BCUT2D eigenvalue weighted by Crippen LogP contribution is -2.38. The smallest absolute Gasteiger partial charge is 0.0638 e. The fourth-order valence-corrected chi connectivity index (χ4v) is 3.29. The van der Waals surface area contributed by atoms with Gasteiger partial charge in [0.1, 0.15) is 0 Å². The highest BCUT2D eigenvalue weighted by atomic mass is 79.9. The van der Waals surface area contributed by atoms with Gasteiger partial charge >= 0.3 is 0 Å². The molecule has 1 N–H and O–H groups in total. The summed E-state index contributed by atoms with van der Waals surface area (Å²) < 4.78 is 0. The molecule has 1 aliphatic rings. The number of aliphatic hydroxyl groups excluding tert-OH is 1. The van der Waals surface area contributed by atoms with Crippen LogP contribution in [-0.2, 0) is 0 Å². The number of rotatable bonds is 5. The van der Waals surface area contributed by atoms with Crippen LogP contribution >= 0.6 is 15.9 Å². The maximum atomic E-state index is 9.30. The molecule has 1 rings (SSSR count). The first-order chi connectivity index (χ1) is 6.58. The molecule has 3 heteroatoms. The summed E-state index contributed by atoms with van der Waals surface area (Å²) in [5.74, 6) is 0. The van der Waals surface area contributed by atoms with Gasteiger partial charge in [0, 0.05) is 18.4 Å². The van der Waals surface area contributed by atoms with E-state index in [1.807, 2.05) is 6.92 Å². The van der Waals surface area contributed by atoms with E-state index in [4.69, 9.17) is 0 Å². The van der Waals surface area contributed by atoms with E-state index in [0.717, 1.165) is 18.4 Å². The van der Waals surface area contributed by atoms with Crippen molar-refractivity contribution >= 4 is 15.9 Å². The molecule has 14 heavy (non-hydrogen) atoms. The van der Waals surface area contributed by atoms with Crippen LogP contribution in [0.5, 0.6) is 0 Å². The number of hydrogen-bond acceptors (Lipinski definition) is 2. The maximum absolute atomic E-state index is 9.30. The minimum absolute atomic E-state index is 0.214.